The minimum Gasteiger partial charge on any atom is -0.496 e. The number of nitrogens with one attached hydrogen (secondary N) is 1. The van der Waals surface area contributed by atoms with Gasteiger partial charge in [-0.2, -0.15) is 0 Å². The van der Waals surface area contributed by atoms with E-state index < -0.39 is 0 Å². The molecule has 1 saturated carbocycles. The highest BCUT2D eigenvalue weighted by Crippen LogP contribution is 2.34. The molecule has 38 heavy (non-hydrogen) atoms. The number of likely N-dealkylation sites (N-methyl/N-ethyl adjacent to an activating group) is 1. The molecule has 1 aromatic heterocycles. The largest absolute Gasteiger partial charge is 0.496 e. The van der Waals surface area contributed by atoms with Crippen molar-refractivity contribution in [3.05, 3.63) is 69.0 Å². The number of nitrogens with zero attached hydrogens (tertiary/aromatic N) is 2. The standard InChI is InChI=1S/C30H43N3O4S/c1-7-22(20-33(8-2)16-17-37-9-3)11-10-21(4)25-15-12-23(18-28(25)36-6)27(34)19-26-29(35)31-38-30(26)32(5)24-13-14-24/h7,10-12,15,18,21,24H,8-9,13-14,16-17,19-20H2,1-6H3,(H,31,35)/b11-10-,22-7+. The van der Waals surface area contributed by atoms with Gasteiger partial charge in [0.25, 0.3) is 5.56 Å². The fourth-order valence-corrected chi connectivity index (χ4v) is 5.36. The van der Waals surface area contributed by atoms with Crippen LogP contribution in [0.1, 0.15) is 67.9 Å². The van der Waals surface area contributed by atoms with Crippen LogP contribution in [0, 0.1) is 0 Å². The molecule has 3 rings (SSSR count). The number of aromatic amines is 1. The predicted octanol–water partition coefficient (Wildman–Crippen LogP) is 5.43. The number of hydrogen-bond acceptors (Lipinski definition) is 7. The van der Waals surface area contributed by atoms with Crippen molar-refractivity contribution in [2.75, 3.05) is 51.9 Å². The van der Waals surface area contributed by atoms with E-state index in [9.17, 15) is 9.59 Å². The van der Waals surface area contributed by atoms with E-state index in [4.69, 9.17) is 9.47 Å². The number of methoxy groups -OCH3 is 1. The first-order valence-corrected chi connectivity index (χ1v) is 14.4. The second kappa shape index (κ2) is 14.5. The fourth-order valence-electron chi connectivity index (χ4n) is 4.46. The van der Waals surface area contributed by atoms with Gasteiger partial charge in [-0.3, -0.25) is 18.9 Å². The van der Waals surface area contributed by atoms with E-state index in [1.54, 1.807) is 13.2 Å². The van der Waals surface area contributed by atoms with Gasteiger partial charge in [-0.15, -0.1) is 0 Å². The molecule has 0 spiro atoms. The highest BCUT2D eigenvalue weighted by Gasteiger charge is 2.30. The summed E-state index contributed by atoms with van der Waals surface area (Å²) in [5.41, 5.74) is 3.19. The van der Waals surface area contributed by atoms with Crippen LogP contribution in [0.4, 0.5) is 5.00 Å². The molecule has 2 aromatic rings. The van der Waals surface area contributed by atoms with E-state index >= 15 is 0 Å². The van der Waals surface area contributed by atoms with Gasteiger partial charge in [-0.1, -0.05) is 44.2 Å². The van der Waals surface area contributed by atoms with Crippen molar-refractivity contribution >= 4 is 22.3 Å². The summed E-state index contributed by atoms with van der Waals surface area (Å²) in [5, 5.41) is 0.868. The molecule has 208 valence electrons. The lowest BCUT2D eigenvalue weighted by molar-refractivity contribution is 0.0992. The van der Waals surface area contributed by atoms with Crippen molar-refractivity contribution in [2.24, 2.45) is 0 Å². The maximum atomic E-state index is 13.2. The Balaban J connectivity index is 1.69. The Morgan fingerprint density at radius 2 is 2.05 bits per heavy atom. The highest BCUT2D eigenvalue weighted by atomic mass is 32.1. The number of benzene rings is 1. The maximum Gasteiger partial charge on any atom is 0.263 e. The van der Waals surface area contributed by atoms with Crippen LogP contribution in [-0.4, -0.2) is 68.1 Å². The van der Waals surface area contributed by atoms with E-state index in [1.165, 1.54) is 17.1 Å². The van der Waals surface area contributed by atoms with Crippen LogP contribution in [0.2, 0.25) is 0 Å². The van der Waals surface area contributed by atoms with Crippen molar-refractivity contribution in [1.82, 2.24) is 9.27 Å². The number of Topliss-reactive ketones (excluding diaryl/α,β-unsaturated/α-hetero) is 1. The Morgan fingerprint density at radius 1 is 1.29 bits per heavy atom. The number of ketones is 1. The smallest absolute Gasteiger partial charge is 0.263 e. The van der Waals surface area contributed by atoms with Crippen LogP contribution in [-0.2, 0) is 11.2 Å². The number of hydrogen-bond donors (Lipinski definition) is 1. The molecule has 7 nitrogen and oxygen atoms in total. The van der Waals surface area contributed by atoms with Crippen molar-refractivity contribution in [2.45, 2.75) is 58.9 Å². The molecule has 0 saturated heterocycles. The SMILES string of the molecule is C/C=C(\C=C/C(C)c1ccc(C(=O)Cc2c(N(C)C3CC3)s[nH]c2=O)cc1OC)CN(CC)CCOCC. The molecule has 0 bridgehead atoms. The maximum absolute atomic E-state index is 13.2. The van der Waals surface area contributed by atoms with E-state index in [-0.39, 0.29) is 23.7 Å². The molecule has 1 heterocycles. The van der Waals surface area contributed by atoms with Crippen LogP contribution >= 0.6 is 11.5 Å². The van der Waals surface area contributed by atoms with Crippen LogP contribution < -0.4 is 15.2 Å². The quantitative estimate of drug-likeness (QED) is 0.173. The van der Waals surface area contributed by atoms with Gasteiger partial charge in [0.15, 0.2) is 5.78 Å². The molecule has 1 atom stereocenters. The number of rotatable bonds is 16. The predicted molar refractivity (Wildman–Crippen MR) is 157 cm³/mol. The van der Waals surface area contributed by atoms with Crippen molar-refractivity contribution in [1.29, 1.82) is 0 Å². The monoisotopic (exact) mass is 541 g/mol. The normalized spacial score (nSPS) is 14.9. The first-order valence-electron chi connectivity index (χ1n) is 13.6. The Labute approximate surface area is 231 Å². The summed E-state index contributed by atoms with van der Waals surface area (Å²) in [7, 11) is 3.63. The summed E-state index contributed by atoms with van der Waals surface area (Å²) in [6, 6.07) is 6.08. The molecule has 0 radical (unpaired) electrons. The van der Waals surface area contributed by atoms with Crippen molar-refractivity contribution in [3.8, 4) is 5.75 Å². The average molecular weight is 542 g/mol. The minimum atomic E-state index is -0.174. The number of carbonyl (C=O) groups is 1. The molecule has 1 aromatic carbocycles. The Kier molecular flexibility index (Phi) is 11.4. The van der Waals surface area contributed by atoms with Gasteiger partial charge < -0.3 is 14.4 Å². The Morgan fingerprint density at radius 3 is 2.68 bits per heavy atom. The molecule has 1 N–H and O–H groups in total. The molecular formula is C30H43N3O4S. The zero-order valence-corrected chi connectivity index (χ0v) is 24.5. The number of anilines is 1. The molecular weight excluding hydrogens is 498 g/mol. The summed E-state index contributed by atoms with van der Waals surface area (Å²) in [4.78, 5) is 30.1. The molecule has 1 aliphatic rings. The summed E-state index contributed by atoms with van der Waals surface area (Å²) >= 11 is 1.31. The number of allylic oxidation sites excluding steroid dienone is 2. The van der Waals surface area contributed by atoms with Crippen LogP contribution in [0.3, 0.4) is 0 Å². The number of aromatic nitrogens is 1. The van der Waals surface area contributed by atoms with Gasteiger partial charge in [0.05, 0.1) is 19.3 Å². The van der Waals surface area contributed by atoms with Gasteiger partial charge in [0, 0.05) is 56.3 Å². The molecule has 1 aliphatic carbocycles. The van der Waals surface area contributed by atoms with Crippen LogP contribution in [0.15, 0.2) is 46.8 Å². The van der Waals surface area contributed by atoms with Crippen LogP contribution in [0.5, 0.6) is 5.75 Å². The van der Waals surface area contributed by atoms with E-state index in [0.717, 1.165) is 56.3 Å². The molecule has 0 amide bonds. The number of carbonyl (C=O) groups excluding carboxylic acids is 1. The Bertz CT molecular complexity index is 1180. The first-order chi connectivity index (χ1) is 18.3. The highest BCUT2D eigenvalue weighted by molar-refractivity contribution is 7.10. The summed E-state index contributed by atoms with van der Waals surface area (Å²) < 4.78 is 14.0. The first kappa shape index (κ1) is 29.9. The topological polar surface area (TPSA) is 74.9 Å². The molecule has 0 aliphatic heterocycles. The molecule has 8 heteroatoms. The van der Waals surface area contributed by atoms with E-state index in [1.807, 2.05) is 26.1 Å². The Hall–Kier alpha value is -2.68. The number of H-pyrrole nitrogens is 1. The fraction of sp³-hybridized carbons (Fsp3) is 0.533. The number of ether oxygens (including phenoxy) is 2. The summed E-state index contributed by atoms with van der Waals surface area (Å²) in [6.07, 6.45) is 8.82. The summed E-state index contributed by atoms with van der Waals surface area (Å²) in [6.45, 7) is 12.6. The zero-order chi connectivity index (χ0) is 27.7. The van der Waals surface area contributed by atoms with Crippen molar-refractivity contribution in [3.63, 3.8) is 0 Å². The second-order valence-electron chi connectivity index (χ2n) is 9.79. The third kappa shape index (κ3) is 7.91. The van der Waals surface area contributed by atoms with Gasteiger partial charge >= 0.3 is 0 Å². The lowest BCUT2D eigenvalue weighted by Crippen LogP contribution is -2.29. The third-order valence-corrected chi connectivity index (χ3v) is 8.17. The lowest BCUT2D eigenvalue weighted by atomic mass is 9.95. The minimum absolute atomic E-state index is 0.0745. The molecule has 1 unspecified atom stereocenters. The van der Waals surface area contributed by atoms with Crippen LogP contribution in [0.25, 0.3) is 0 Å². The average Bonchev–Trinajstić information content (AvgIpc) is 3.72. The molecule has 1 fully saturated rings. The van der Waals surface area contributed by atoms with Gasteiger partial charge in [-0.05, 0) is 56.4 Å². The van der Waals surface area contributed by atoms with E-state index in [2.05, 4.69) is 53.2 Å². The van der Waals surface area contributed by atoms with Crippen molar-refractivity contribution < 1.29 is 14.3 Å². The second-order valence-corrected chi connectivity index (χ2v) is 10.6. The van der Waals surface area contributed by atoms with Gasteiger partial charge in [-0.25, -0.2) is 0 Å². The summed E-state index contributed by atoms with van der Waals surface area (Å²) in [5.74, 6) is 0.688. The van der Waals surface area contributed by atoms with Gasteiger partial charge in [0.2, 0.25) is 0 Å². The zero-order valence-electron chi connectivity index (χ0n) is 23.7. The lowest BCUT2D eigenvalue weighted by Gasteiger charge is -2.21. The van der Waals surface area contributed by atoms with Gasteiger partial charge in [0.1, 0.15) is 10.8 Å². The third-order valence-electron chi connectivity index (χ3n) is 7.15. The van der Waals surface area contributed by atoms with E-state index in [0.29, 0.717) is 22.9 Å².